The van der Waals surface area contributed by atoms with Gasteiger partial charge in [0.05, 0.1) is 10.6 Å². The molecule has 0 aliphatic rings. The van der Waals surface area contributed by atoms with Crippen molar-refractivity contribution < 1.29 is 13.2 Å². The van der Waals surface area contributed by atoms with Crippen molar-refractivity contribution in [3.63, 3.8) is 0 Å². The SMILES string of the molecule is CCCCN(C(=O)Cn1cc(S(=O)(=O)Cc2ccccc2C)c2ccccc21)c1ccccc1. The van der Waals surface area contributed by atoms with Gasteiger partial charge < -0.3 is 9.47 Å². The van der Waals surface area contributed by atoms with E-state index in [4.69, 9.17) is 0 Å². The molecule has 0 saturated heterocycles. The average Bonchev–Trinajstić information content (AvgIpc) is 3.21. The lowest BCUT2D eigenvalue weighted by Gasteiger charge is -2.23. The minimum absolute atomic E-state index is 0.0664. The van der Waals surface area contributed by atoms with Gasteiger partial charge in [0.2, 0.25) is 5.91 Å². The number of unbranched alkanes of at least 4 members (excludes halogenated alkanes) is 1. The summed E-state index contributed by atoms with van der Waals surface area (Å²) in [4.78, 5) is 15.5. The van der Waals surface area contributed by atoms with E-state index >= 15 is 0 Å². The number of nitrogens with zero attached hydrogens (tertiary/aromatic N) is 2. The van der Waals surface area contributed by atoms with Gasteiger partial charge in [0.15, 0.2) is 9.84 Å². The maximum atomic E-state index is 13.5. The second kappa shape index (κ2) is 10.3. The van der Waals surface area contributed by atoms with Crippen LogP contribution in [0.2, 0.25) is 0 Å². The van der Waals surface area contributed by atoms with Crippen molar-refractivity contribution in [2.75, 3.05) is 11.4 Å². The van der Waals surface area contributed by atoms with Crippen LogP contribution in [0, 0.1) is 6.92 Å². The molecule has 34 heavy (non-hydrogen) atoms. The number of hydrogen-bond donors (Lipinski definition) is 0. The fraction of sp³-hybridized carbons (Fsp3) is 0.250. The number of carbonyl (C=O) groups excluding carboxylic acids is 1. The molecule has 0 aliphatic heterocycles. The molecule has 176 valence electrons. The Morgan fingerprint density at radius 2 is 1.59 bits per heavy atom. The van der Waals surface area contributed by atoms with Gasteiger partial charge in [0, 0.05) is 29.3 Å². The van der Waals surface area contributed by atoms with E-state index in [0.29, 0.717) is 11.9 Å². The third-order valence-electron chi connectivity index (χ3n) is 6.10. The first-order chi connectivity index (χ1) is 16.4. The Bertz CT molecular complexity index is 1390. The summed E-state index contributed by atoms with van der Waals surface area (Å²) in [7, 11) is -3.61. The minimum Gasteiger partial charge on any atom is -0.337 e. The van der Waals surface area contributed by atoms with Gasteiger partial charge in [-0.25, -0.2) is 8.42 Å². The molecule has 0 bridgehead atoms. The second-order valence-electron chi connectivity index (χ2n) is 8.56. The normalized spacial score (nSPS) is 11.6. The van der Waals surface area contributed by atoms with E-state index in [9.17, 15) is 13.2 Å². The van der Waals surface area contributed by atoms with E-state index < -0.39 is 9.84 Å². The number of sulfone groups is 1. The molecule has 0 aliphatic carbocycles. The molecule has 0 radical (unpaired) electrons. The largest absolute Gasteiger partial charge is 0.337 e. The number of para-hydroxylation sites is 2. The molecule has 1 aromatic heterocycles. The van der Waals surface area contributed by atoms with Crippen LogP contribution in [0.25, 0.3) is 10.9 Å². The van der Waals surface area contributed by atoms with Gasteiger partial charge in [-0.3, -0.25) is 4.79 Å². The summed E-state index contributed by atoms with van der Waals surface area (Å²) in [6.07, 6.45) is 3.49. The molecule has 5 nitrogen and oxygen atoms in total. The number of rotatable bonds is 9. The standard InChI is InChI=1S/C28H30N2O3S/c1-3-4-18-30(24-14-6-5-7-15-24)28(31)20-29-19-27(25-16-10-11-17-26(25)29)34(32,33)21-23-13-9-8-12-22(23)2/h5-17,19H,3-4,18,20-21H2,1-2H3. The first kappa shape index (κ1) is 23.8. The fourth-order valence-electron chi connectivity index (χ4n) is 4.20. The van der Waals surface area contributed by atoms with Crippen LogP contribution in [-0.2, 0) is 26.9 Å². The summed E-state index contributed by atoms with van der Waals surface area (Å²) in [5, 5.41) is 0.642. The zero-order valence-corrected chi connectivity index (χ0v) is 20.5. The van der Waals surface area contributed by atoms with Crippen molar-refractivity contribution >= 4 is 32.3 Å². The number of carbonyl (C=O) groups is 1. The molecular formula is C28H30N2O3S. The number of aryl methyl sites for hydroxylation is 1. The van der Waals surface area contributed by atoms with Gasteiger partial charge in [0.25, 0.3) is 0 Å². The lowest BCUT2D eigenvalue weighted by atomic mass is 10.1. The third kappa shape index (κ3) is 5.07. The Morgan fingerprint density at radius 3 is 2.32 bits per heavy atom. The van der Waals surface area contributed by atoms with Crippen LogP contribution in [0.4, 0.5) is 5.69 Å². The topological polar surface area (TPSA) is 59.4 Å². The fourth-order valence-corrected chi connectivity index (χ4v) is 5.88. The molecule has 4 aromatic rings. The first-order valence-corrected chi connectivity index (χ1v) is 13.3. The minimum atomic E-state index is -3.61. The zero-order chi connectivity index (χ0) is 24.1. The van der Waals surface area contributed by atoms with Crippen molar-refractivity contribution in [3.05, 3.63) is 96.2 Å². The monoisotopic (exact) mass is 474 g/mol. The van der Waals surface area contributed by atoms with Gasteiger partial charge >= 0.3 is 0 Å². The van der Waals surface area contributed by atoms with Crippen LogP contribution >= 0.6 is 0 Å². The molecule has 3 aromatic carbocycles. The molecule has 1 amide bonds. The quantitative estimate of drug-likeness (QED) is 0.310. The number of fused-ring (bicyclic) bond motifs is 1. The molecule has 0 unspecified atom stereocenters. The highest BCUT2D eigenvalue weighted by Gasteiger charge is 2.24. The van der Waals surface area contributed by atoms with E-state index in [1.165, 1.54) is 0 Å². The van der Waals surface area contributed by atoms with Crippen molar-refractivity contribution in [3.8, 4) is 0 Å². The van der Waals surface area contributed by atoms with Crippen molar-refractivity contribution in [2.45, 2.75) is 43.9 Å². The smallest absolute Gasteiger partial charge is 0.246 e. The molecular weight excluding hydrogens is 444 g/mol. The number of hydrogen-bond acceptors (Lipinski definition) is 3. The van der Waals surface area contributed by atoms with Gasteiger partial charge in [-0.2, -0.15) is 0 Å². The van der Waals surface area contributed by atoms with Gasteiger partial charge in [-0.1, -0.05) is 74.0 Å². The summed E-state index contributed by atoms with van der Waals surface area (Å²) >= 11 is 0. The van der Waals surface area contributed by atoms with Crippen molar-refractivity contribution in [1.29, 1.82) is 0 Å². The molecule has 1 heterocycles. The number of anilines is 1. The Kier molecular flexibility index (Phi) is 7.17. The summed E-state index contributed by atoms with van der Waals surface area (Å²) in [5.74, 6) is -0.142. The molecule has 0 spiro atoms. The highest BCUT2D eigenvalue weighted by atomic mass is 32.2. The van der Waals surface area contributed by atoms with E-state index in [-0.39, 0.29) is 23.1 Å². The molecule has 0 fully saturated rings. The number of benzene rings is 3. The highest BCUT2D eigenvalue weighted by Crippen LogP contribution is 2.29. The van der Waals surface area contributed by atoms with Crippen LogP contribution < -0.4 is 4.90 Å². The molecule has 6 heteroatoms. The average molecular weight is 475 g/mol. The van der Waals surface area contributed by atoms with Gasteiger partial charge in [0.1, 0.15) is 6.54 Å². The predicted octanol–water partition coefficient (Wildman–Crippen LogP) is 5.76. The second-order valence-corrected chi connectivity index (χ2v) is 10.5. The van der Waals surface area contributed by atoms with Crippen LogP contribution in [-0.4, -0.2) is 25.4 Å². The van der Waals surface area contributed by atoms with Crippen LogP contribution in [0.5, 0.6) is 0 Å². The summed E-state index contributed by atoms with van der Waals surface area (Å²) in [6.45, 7) is 4.70. The predicted molar refractivity (Wildman–Crippen MR) is 138 cm³/mol. The van der Waals surface area contributed by atoms with E-state index in [0.717, 1.165) is 35.2 Å². The zero-order valence-electron chi connectivity index (χ0n) is 19.6. The van der Waals surface area contributed by atoms with E-state index in [1.807, 2.05) is 85.8 Å². The van der Waals surface area contributed by atoms with E-state index in [2.05, 4.69) is 6.92 Å². The maximum Gasteiger partial charge on any atom is 0.246 e. The summed E-state index contributed by atoms with van der Waals surface area (Å²) in [6, 6.07) is 24.5. The van der Waals surface area contributed by atoms with Crippen molar-refractivity contribution in [1.82, 2.24) is 4.57 Å². The van der Waals surface area contributed by atoms with Crippen molar-refractivity contribution in [2.24, 2.45) is 0 Å². The van der Waals surface area contributed by atoms with Crippen LogP contribution in [0.1, 0.15) is 30.9 Å². The Morgan fingerprint density at radius 1 is 0.912 bits per heavy atom. The molecule has 0 saturated carbocycles. The highest BCUT2D eigenvalue weighted by molar-refractivity contribution is 7.90. The number of aromatic nitrogens is 1. The maximum absolute atomic E-state index is 13.5. The lowest BCUT2D eigenvalue weighted by Crippen LogP contribution is -2.34. The molecule has 4 rings (SSSR count). The summed E-state index contributed by atoms with van der Waals surface area (Å²) < 4.78 is 28.7. The first-order valence-electron chi connectivity index (χ1n) is 11.6. The van der Waals surface area contributed by atoms with Gasteiger partial charge in [-0.05, 0) is 42.7 Å². The van der Waals surface area contributed by atoms with Crippen LogP contribution in [0.15, 0.2) is 90.0 Å². The van der Waals surface area contributed by atoms with Gasteiger partial charge in [-0.15, -0.1) is 0 Å². The Balaban J connectivity index is 1.69. The Hall–Kier alpha value is -3.38. The third-order valence-corrected chi connectivity index (χ3v) is 7.79. The van der Waals surface area contributed by atoms with Crippen LogP contribution in [0.3, 0.4) is 0 Å². The molecule has 0 atom stereocenters. The summed E-state index contributed by atoms with van der Waals surface area (Å²) in [5.41, 5.74) is 3.32. The lowest BCUT2D eigenvalue weighted by molar-refractivity contribution is -0.119. The van der Waals surface area contributed by atoms with E-state index in [1.54, 1.807) is 15.7 Å². The number of amides is 1. The molecule has 0 N–H and O–H groups in total. The Labute approximate surface area is 201 Å².